The van der Waals surface area contributed by atoms with E-state index in [1.54, 1.807) is 11.6 Å². The largest absolute Gasteiger partial charge is 0.345 e. The van der Waals surface area contributed by atoms with Crippen molar-refractivity contribution in [2.24, 2.45) is 7.05 Å². The van der Waals surface area contributed by atoms with E-state index >= 15 is 0 Å². The topological polar surface area (TPSA) is 88.8 Å². The SMILES string of the molecule is CCn1c([C@H]2CCCN(C(=O)Cc3nc4ccccc4[nH]3)C2)nn(C)c1=O. The highest BCUT2D eigenvalue weighted by atomic mass is 16.2. The molecule has 1 N–H and O–H groups in total. The molecule has 8 nitrogen and oxygen atoms in total. The second-order valence-corrected chi connectivity index (χ2v) is 7.06. The van der Waals surface area contributed by atoms with E-state index in [0.717, 1.165) is 36.2 Å². The molecule has 1 aliphatic heterocycles. The lowest BCUT2D eigenvalue weighted by Gasteiger charge is -2.32. The Morgan fingerprint density at radius 2 is 2.15 bits per heavy atom. The van der Waals surface area contributed by atoms with Crippen molar-refractivity contribution in [1.29, 1.82) is 0 Å². The highest BCUT2D eigenvalue weighted by Gasteiger charge is 2.29. The van der Waals surface area contributed by atoms with Crippen molar-refractivity contribution >= 4 is 16.9 Å². The summed E-state index contributed by atoms with van der Waals surface area (Å²) in [5, 5.41) is 4.42. The Kier molecular flexibility index (Phi) is 4.55. The molecule has 0 radical (unpaired) electrons. The van der Waals surface area contributed by atoms with Crippen LogP contribution in [0.5, 0.6) is 0 Å². The minimum atomic E-state index is -0.0989. The van der Waals surface area contributed by atoms with Gasteiger partial charge in [-0.1, -0.05) is 12.1 Å². The third-order valence-electron chi connectivity index (χ3n) is 5.25. The number of nitrogens with one attached hydrogen (secondary N) is 1. The molecule has 1 atom stereocenters. The van der Waals surface area contributed by atoms with E-state index in [4.69, 9.17) is 0 Å². The molecule has 0 saturated carbocycles. The minimum Gasteiger partial charge on any atom is -0.342 e. The molecule has 0 spiro atoms. The van der Waals surface area contributed by atoms with Crippen LogP contribution < -0.4 is 5.69 Å². The van der Waals surface area contributed by atoms with Crippen molar-refractivity contribution in [3.8, 4) is 0 Å². The molecule has 0 bridgehead atoms. The van der Waals surface area contributed by atoms with Crippen molar-refractivity contribution in [3.63, 3.8) is 0 Å². The molecular weight excluding hydrogens is 344 g/mol. The summed E-state index contributed by atoms with van der Waals surface area (Å²) in [5.74, 6) is 1.62. The highest BCUT2D eigenvalue weighted by molar-refractivity contribution is 5.80. The Balaban J connectivity index is 1.50. The van der Waals surface area contributed by atoms with Crippen molar-refractivity contribution in [1.82, 2.24) is 29.2 Å². The van der Waals surface area contributed by atoms with E-state index in [1.807, 2.05) is 36.1 Å². The number of hydrogen-bond acceptors (Lipinski definition) is 4. The summed E-state index contributed by atoms with van der Waals surface area (Å²) in [6, 6.07) is 7.77. The zero-order valence-electron chi connectivity index (χ0n) is 15.7. The van der Waals surface area contributed by atoms with Gasteiger partial charge in [0.1, 0.15) is 11.6 Å². The Bertz CT molecular complexity index is 997. The fourth-order valence-corrected chi connectivity index (χ4v) is 3.88. The molecule has 0 unspecified atom stereocenters. The maximum atomic E-state index is 12.8. The minimum absolute atomic E-state index is 0.0556. The van der Waals surface area contributed by atoms with E-state index in [-0.39, 0.29) is 23.9 Å². The second kappa shape index (κ2) is 7.02. The molecule has 1 saturated heterocycles. The fraction of sp³-hybridized carbons (Fsp3) is 0.474. The number of rotatable bonds is 4. The fourth-order valence-electron chi connectivity index (χ4n) is 3.88. The second-order valence-electron chi connectivity index (χ2n) is 7.06. The monoisotopic (exact) mass is 368 g/mol. The molecule has 1 fully saturated rings. The number of piperidine rings is 1. The van der Waals surface area contributed by atoms with Gasteiger partial charge in [-0.3, -0.25) is 9.36 Å². The van der Waals surface area contributed by atoms with Crippen molar-refractivity contribution in [2.75, 3.05) is 13.1 Å². The number of H-pyrrole nitrogens is 1. The van der Waals surface area contributed by atoms with Gasteiger partial charge in [-0.15, -0.1) is 0 Å². The van der Waals surface area contributed by atoms with Gasteiger partial charge in [0.15, 0.2) is 0 Å². The summed E-state index contributed by atoms with van der Waals surface area (Å²) < 4.78 is 3.09. The number of carbonyl (C=O) groups excluding carboxylic acids is 1. The quantitative estimate of drug-likeness (QED) is 0.754. The average Bonchev–Trinajstić information content (AvgIpc) is 3.22. The van der Waals surface area contributed by atoms with Gasteiger partial charge in [0.25, 0.3) is 0 Å². The number of benzene rings is 1. The third-order valence-corrected chi connectivity index (χ3v) is 5.25. The number of aryl methyl sites for hydroxylation is 1. The standard InChI is InChI=1S/C19H24N6O2/c1-3-25-18(22-23(2)19(25)27)13-7-6-10-24(12-13)17(26)11-16-20-14-8-4-5-9-15(14)21-16/h4-5,8-9,13H,3,6-7,10-12H2,1-2H3,(H,20,21)/t13-/m0/s1. The summed E-state index contributed by atoms with van der Waals surface area (Å²) in [6.07, 6.45) is 2.10. The van der Waals surface area contributed by atoms with E-state index in [9.17, 15) is 9.59 Å². The predicted molar refractivity (Wildman–Crippen MR) is 101 cm³/mol. The molecule has 2 aromatic heterocycles. The number of hydrogen-bond donors (Lipinski definition) is 1. The van der Waals surface area contributed by atoms with Gasteiger partial charge < -0.3 is 9.88 Å². The maximum Gasteiger partial charge on any atom is 0.345 e. The highest BCUT2D eigenvalue weighted by Crippen LogP contribution is 2.25. The van der Waals surface area contributed by atoms with Gasteiger partial charge in [-0.2, -0.15) is 5.10 Å². The molecule has 0 aliphatic carbocycles. The molecule has 142 valence electrons. The van der Waals surface area contributed by atoms with Crippen LogP contribution in [0.25, 0.3) is 11.0 Å². The summed E-state index contributed by atoms with van der Waals surface area (Å²) in [5.41, 5.74) is 1.72. The third kappa shape index (κ3) is 3.27. The van der Waals surface area contributed by atoms with Crippen LogP contribution in [0.1, 0.15) is 37.3 Å². The number of amides is 1. The van der Waals surface area contributed by atoms with Gasteiger partial charge in [-0.05, 0) is 31.9 Å². The first kappa shape index (κ1) is 17.5. The van der Waals surface area contributed by atoms with Crippen molar-refractivity contribution in [2.45, 2.75) is 38.6 Å². The average molecular weight is 368 g/mol. The lowest BCUT2D eigenvalue weighted by molar-refractivity contribution is -0.131. The number of aromatic nitrogens is 5. The molecule has 1 aliphatic rings. The normalized spacial score (nSPS) is 17.6. The number of para-hydroxylation sites is 2. The molecular formula is C19H24N6O2. The summed E-state index contributed by atoms with van der Waals surface area (Å²) >= 11 is 0. The van der Waals surface area contributed by atoms with Crippen molar-refractivity contribution in [3.05, 3.63) is 46.4 Å². The van der Waals surface area contributed by atoms with Crippen LogP contribution in [-0.4, -0.2) is 48.2 Å². The number of carbonyl (C=O) groups is 1. The molecule has 4 rings (SSSR count). The van der Waals surface area contributed by atoms with Gasteiger partial charge in [0.05, 0.1) is 17.5 Å². The molecule has 8 heteroatoms. The Morgan fingerprint density at radius 3 is 2.93 bits per heavy atom. The Hall–Kier alpha value is -2.90. The molecule has 3 aromatic rings. The lowest BCUT2D eigenvalue weighted by atomic mass is 9.97. The van der Waals surface area contributed by atoms with E-state index in [0.29, 0.717) is 18.9 Å². The zero-order chi connectivity index (χ0) is 19.0. The van der Waals surface area contributed by atoms with Crippen LogP contribution in [0.15, 0.2) is 29.1 Å². The number of aromatic amines is 1. The molecule has 1 amide bonds. The number of imidazole rings is 1. The first-order valence-electron chi connectivity index (χ1n) is 9.42. The number of fused-ring (bicyclic) bond motifs is 1. The molecule has 1 aromatic carbocycles. The van der Waals surface area contributed by atoms with Gasteiger partial charge >= 0.3 is 5.69 Å². The summed E-state index contributed by atoms with van der Waals surface area (Å²) in [7, 11) is 1.67. The van der Waals surface area contributed by atoms with Crippen LogP contribution in [-0.2, 0) is 24.8 Å². The van der Waals surface area contributed by atoms with Crippen LogP contribution in [0, 0.1) is 0 Å². The zero-order valence-corrected chi connectivity index (χ0v) is 15.7. The smallest absolute Gasteiger partial charge is 0.342 e. The van der Waals surface area contributed by atoms with Crippen LogP contribution in [0.4, 0.5) is 0 Å². The van der Waals surface area contributed by atoms with Gasteiger partial charge in [-0.25, -0.2) is 14.5 Å². The van der Waals surface area contributed by atoms with Gasteiger partial charge in [0.2, 0.25) is 5.91 Å². The van der Waals surface area contributed by atoms with Crippen LogP contribution in [0.2, 0.25) is 0 Å². The molecule has 3 heterocycles. The molecule has 27 heavy (non-hydrogen) atoms. The first-order valence-corrected chi connectivity index (χ1v) is 9.42. The number of nitrogens with zero attached hydrogens (tertiary/aromatic N) is 5. The van der Waals surface area contributed by atoms with Gasteiger partial charge in [0, 0.05) is 32.6 Å². The summed E-state index contributed by atoms with van der Waals surface area (Å²) in [6.45, 7) is 3.86. The Labute approximate surface area is 156 Å². The van der Waals surface area contributed by atoms with Crippen LogP contribution in [0.3, 0.4) is 0 Å². The van der Waals surface area contributed by atoms with E-state index in [1.165, 1.54) is 4.68 Å². The summed E-state index contributed by atoms with van der Waals surface area (Å²) in [4.78, 5) is 34.6. The first-order chi connectivity index (χ1) is 13.1. The van der Waals surface area contributed by atoms with E-state index in [2.05, 4.69) is 15.1 Å². The Morgan fingerprint density at radius 1 is 1.33 bits per heavy atom. The maximum absolute atomic E-state index is 12.8. The lowest BCUT2D eigenvalue weighted by Crippen LogP contribution is -2.41. The van der Waals surface area contributed by atoms with Crippen LogP contribution >= 0.6 is 0 Å². The van der Waals surface area contributed by atoms with E-state index < -0.39 is 0 Å². The number of likely N-dealkylation sites (tertiary alicyclic amines) is 1. The predicted octanol–water partition coefficient (Wildman–Crippen LogP) is 1.43. The van der Waals surface area contributed by atoms with Crippen molar-refractivity contribution < 1.29 is 4.79 Å².